The van der Waals surface area contributed by atoms with Gasteiger partial charge in [0.1, 0.15) is 0 Å². The smallest absolute Gasteiger partial charge is 0.870 e. The Bertz CT molecular complexity index is 5790. The van der Waals surface area contributed by atoms with E-state index in [1.807, 2.05) is 22.6 Å². The van der Waals surface area contributed by atoms with Gasteiger partial charge < -0.3 is 99.0 Å². The first-order valence-corrected chi connectivity index (χ1v) is 44.4. The van der Waals surface area contributed by atoms with E-state index in [9.17, 15) is 157 Å². The molecule has 1 saturated carbocycles. The van der Waals surface area contributed by atoms with Crippen molar-refractivity contribution in [3.8, 4) is 0 Å². The van der Waals surface area contributed by atoms with Crippen LogP contribution in [0.5, 0.6) is 0 Å². The Hall–Kier alpha value is -9.02. The van der Waals surface area contributed by atoms with Gasteiger partial charge in [0.15, 0.2) is 0 Å². The van der Waals surface area contributed by atoms with Gasteiger partial charge in [-0.25, -0.2) is 33.8 Å². The first-order chi connectivity index (χ1) is 61.0. The zero-order valence-electron chi connectivity index (χ0n) is 72.7. The minimum absolute atomic E-state index is 0. The molecule has 0 bridgehead atoms. The number of hydroxylamine groups is 10. The Morgan fingerprint density at radius 2 is 0.683 bits per heavy atom. The summed E-state index contributed by atoms with van der Waals surface area (Å²) >= 11 is 1.90. The van der Waals surface area contributed by atoms with E-state index in [1.54, 1.807) is 24.3 Å². The molecule has 0 aromatic heterocycles. The Morgan fingerprint density at radius 3 is 1.04 bits per heavy atom. The minimum atomic E-state index is -2.83. The molecule has 5 atom stereocenters. The topological polar surface area (TPSA) is 818 Å². The van der Waals surface area contributed by atoms with E-state index in [0.717, 1.165) is 49.5 Å². The van der Waals surface area contributed by atoms with Crippen molar-refractivity contribution in [1.82, 2.24) is 35.1 Å². The van der Waals surface area contributed by atoms with Gasteiger partial charge >= 0.3 is 178 Å². The summed E-state index contributed by atoms with van der Waals surface area (Å²) in [5.74, 6) is -19.1. The monoisotopic (exact) mass is 2200 g/mol. The standard InChI is InChI=1S/C18H15N2O8S.C16H17N2O8S.C15H9N2O8S.C13H10IN2O7S.C12H11N2O8S.5Na.5H2O/c21-14-8-9-15(22)19(14)12-6-4-11(5-7-12)2-1-3-17(24)28-20-16(23)10-13(18(20)25)29(26)27;19-12-5-6-13(20)17(12)8-9-1-3-10(4-2-9)16(23)26-18-14(21)7-11(15(18)22)27(24)25;18-11-4-5-12(19)16(11)9-3-1-2-8(6-9)15(22)25-17-13(20)7-10(14(17)21)26(23)24;14-6-10(17)15-8-3-1-7(2-4-8)13(20)23-16-11(18)5-9(12(16)19)24(21)22;15-8-3-4-9(16)13(8)5-1-2-11(18)22-14-10(17)6-7(12(14)19)23(20)21;;;;;;;;;;/h4-9,13H,1-3,10H2;5-6,9-11H,1-4,7-8H2;1-6,10H,7H2;1-4,9H,5-6H2,(H,15,17);3-4,7H,1-2,5-6H2;;;;;;5*1H2/q5*-1;5*+1;;;;;/p-5. The number of carbonyl (C=O) groups excluding carboxylic acids is 24. The van der Waals surface area contributed by atoms with E-state index in [2.05, 4.69) is 15.0 Å². The fourth-order valence-electron chi connectivity index (χ4n) is 12.6. The summed E-state index contributed by atoms with van der Waals surface area (Å²) in [6, 6.07) is 17.4. The van der Waals surface area contributed by atoms with Gasteiger partial charge in [-0.2, -0.15) is 0 Å². The van der Waals surface area contributed by atoms with Crippen molar-refractivity contribution in [3.05, 3.63) is 138 Å². The quantitative estimate of drug-likeness (QED) is 0.0243. The average Bonchev–Trinajstić information content (AvgIpc) is 1.77. The molecule has 724 valence electrons. The van der Waals surface area contributed by atoms with Gasteiger partial charge in [-0.05, 0) is 111 Å². The minimum Gasteiger partial charge on any atom is -0.870 e. The van der Waals surface area contributed by atoms with Crippen LogP contribution in [0.3, 0.4) is 0 Å². The maximum absolute atomic E-state index is 12.2. The predicted molar refractivity (Wildman–Crippen MR) is 433 cm³/mol. The van der Waals surface area contributed by atoms with Crippen molar-refractivity contribution in [2.45, 2.75) is 116 Å². The number of aryl methyl sites for hydroxylation is 1. The van der Waals surface area contributed by atoms with Crippen molar-refractivity contribution >= 4 is 235 Å². The fraction of sp³-hybridized carbons (Fsp3) is 0.324. The summed E-state index contributed by atoms with van der Waals surface area (Å²) in [5.41, 5.74) is 1.70. The zero-order chi connectivity index (χ0) is 94.9. The van der Waals surface area contributed by atoms with Crippen LogP contribution in [0.15, 0.2) is 121 Å². The second-order valence-electron chi connectivity index (χ2n) is 27.6. The van der Waals surface area contributed by atoms with Crippen LogP contribution in [0.25, 0.3) is 0 Å². The van der Waals surface area contributed by atoms with Crippen molar-refractivity contribution in [2.24, 2.45) is 11.8 Å². The van der Waals surface area contributed by atoms with Gasteiger partial charge in [0, 0.05) is 139 Å². The van der Waals surface area contributed by atoms with Gasteiger partial charge in [-0.1, -0.05) is 94.3 Å². The number of benzene rings is 3. The molecule has 3 aromatic rings. The largest absolute Gasteiger partial charge is 1.00 e. The number of alkyl halides is 1. The second kappa shape index (κ2) is 60.4. The van der Waals surface area contributed by atoms with E-state index >= 15 is 0 Å². The van der Waals surface area contributed by atoms with Gasteiger partial charge in [-0.15, -0.1) is 25.3 Å². The van der Waals surface area contributed by atoms with Gasteiger partial charge in [0.2, 0.25) is 5.91 Å². The van der Waals surface area contributed by atoms with Gasteiger partial charge in [0.05, 0.1) is 32.8 Å². The predicted octanol–water partition coefficient (Wildman–Crippen LogP) is -17.1. The molecule has 9 heterocycles. The first-order valence-electron chi connectivity index (χ1n) is 37.2. The molecule has 1 aliphatic carbocycles. The molecule has 65 heteroatoms. The van der Waals surface area contributed by atoms with E-state index in [1.165, 1.54) is 72.8 Å². The number of amides is 19. The summed E-state index contributed by atoms with van der Waals surface area (Å²) in [4.78, 5) is 308. The van der Waals surface area contributed by atoms with Crippen LogP contribution in [0, 0.1) is 11.8 Å². The van der Waals surface area contributed by atoms with Crippen LogP contribution in [-0.4, -0.2) is 248 Å². The van der Waals surface area contributed by atoms with Crippen LogP contribution in [0.4, 0.5) is 17.1 Å². The normalized spacial score (nSPS) is 19.7. The fourth-order valence-corrected chi connectivity index (χ4v) is 15.5. The van der Waals surface area contributed by atoms with E-state index in [4.69, 9.17) is 14.5 Å². The summed E-state index contributed by atoms with van der Waals surface area (Å²) in [6.07, 6.45) is 8.80. The third-order valence-corrected chi connectivity index (χ3v) is 24.0. The number of imide groups is 9. The second-order valence-corrected chi connectivity index (χ2v) is 33.8. The number of hydrogen-bond acceptors (Lipinski definition) is 49. The maximum Gasteiger partial charge on any atom is 1.00 e. The molecule has 9 aliphatic heterocycles. The molecule has 5 unspecified atom stereocenters. The average molecular weight is 2200 g/mol. The molecular formula is C74H67IN10Na5O44S5-5. The SMILES string of the molecule is O=C(CCCN1C(=O)C=CC1=O)ON1C(=O)CC([S-](=O)=O)C1=O.O=C(CCCc1ccc(N2C(=O)C=CC2=O)cc1)ON1C(=O)CC([S-](=O)=O)C1=O.O=C(CI)Nc1ccc(C(=O)ON2C(=O)CC([S-](=O)=O)C2=O)cc1.O=C(ON1C(=O)CC([S-](=O)=O)C1=O)C1CCC(CN2C(=O)C=CC2=O)CC1.O=C(ON1C(=O)CC([S-](=O)=O)C1=O)c1cccc(N2C(=O)C=CC2=O)c1.[Na+].[Na+].[Na+].[Na+].[Na+].[OH-].[OH-].[OH-].[OH-].[OH-]. The number of carbonyl (C=O) groups is 24. The third-order valence-electron chi connectivity index (χ3n) is 19.1. The van der Waals surface area contributed by atoms with E-state index in [-0.39, 0.29) is 278 Å². The summed E-state index contributed by atoms with van der Waals surface area (Å²) in [7, 11) is -13.9. The molecule has 3 aromatic carbocycles. The van der Waals surface area contributed by atoms with E-state index in [0.29, 0.717) is 49.9 Å². The number of hydrogen-bond donors (Lipinski definition) is 1. The molecule has 13 rings (SSSR count). The number of nitrogens with one attached hydrogen (secondary N) is 1. The number of halogens is 1. The first kappa shape index (κ1) is 132. The summed E-state index contributed by atoms with van der Waals surface area (Å²) in [6.45, 7) is 0.265. The number of rotatable bonds is 27. The number of nitrogens with zero attached hydrogens (tertiary/aromatic N) is 9. The van der Waals surface area contributed by atoms with Crippen LogP contribution in [-0.2, 0) is 232 Å². The van der Waals surface area contributed by atoms with Crippen LogP contribution < -0.4 is 163 Å². The van der Waals surface area contributed by atoms with E-state index < -0.39 is 242 Å². The molecule has 10 aliphatic rings. The van der Waals surface area contributed by atoms with Crippen molar-refractivity contribution in [3.63, 3.8) is 0 Å². The molecule has 0 spiro atoms. The van der Waals surface area contributed by atoms with Crippen molar-refractivity contribution in [2.75, 3.05) is 32.6 Å². The van der Waals surface area contributed by atoms with Crippen molar-refractivity contribution < 1.29 is 357 Å². The van der Waals surface area contributed by atoms with Gasteiger partial charge in [0.25, 0.3) is 106 Å². The Labute approximate surface area is 915 Å². The van der Waals surface area contributed by atoms with Gasteiger partial charge in [-0.3, -0.25) is 101 Å². The maximum atomic E-state index is 12.2. The van der Waals surface area contributed by atoms with Crippen molar-refractivity contribution in [1.29, 1.82) is 0 Å². The molecule has 6 fully saturated rings. The van der Waals surface area contributed by atoms with Crippen LogP contribution in [0.1, 0.15) is 110 Å². The Kier molecular flexibility index (Phi) is 57.4. The molecule has 139 heavy (non-hydrogen) atoms. The third kappa shape index (κ3) is 34.7. The van der Waals surface area contributed by atoms with Crippen LogP contribution in [0.2, 0.25) is 0 Å². The molecule has 19 amide bonds. The molecule has 0 radical (unpaired) electrons. The Balaban J connectivity index is 0. The molecular weight excluding hydrogens is 2140 g/mol. The number of anilines is 3. The molecule has 5 saturated heterocycles. The Morgan fingerprint density at radius 1 is 0.360 bits per heavy atom. The summed E-state index contributed by atoms with van der Waals surface area (Å²) < 4.78 is 109. The zero-order valence-corrected chi connectivity index (χ0v) is 89.0. The molecule has 54 nitrogen and oxygen atoms in total. The summed E-state index contributed by atoms with van der Waals surface area (Å²) in [5, 5.41) is -4.34. The molecule has 6 N–H and O–H groups in total. The van der Waals surface area contributed by atoms with Crippen LogP contribution >= 0.6 is 22.6 Å².